The van der Waals surface area contributed by atoms with E-state index in [9.17, 15) is 10.1 Å². The molecule has 5 nitrogen and oxygen atoms in total. The van der Waals surface area contributed by atoms with Crippen LogP contribution in [0.2, 0.25) is 5.15 Å². The van der Waals surface area contributed by atoms with Crippen LogP contribution in [0.25, 0.3) is 0 Å². The van der Waals surface area contributed by atoms with Crippen LogP contribution in [0.5, 0.6) is 0 Å². The van der Waals surface area contributed by atoms with Gasteiger partial charge in [0.1, 0.15) is 16.1 Å². The van der Waals surface area contributed by atoms with Gasteiger partial charge in [-0.2, -0.15) is 10.3 Å². The lowest BCUT2D eigenvalue weighted by atomic mass is 9.74. The number of halogens is 1. The Morgan fingerprint density at radius 2 is 2.06 bits per heavy atom. The van der Waals surface area contributed by atoms with Gasteiger partial charge >= 0.3 is 0 Å². The minimum Gasteiger partial charge on any atom is -0.328 e. The zero-order chi connectivity index (χ0) is 22.0. The van der Waals surface area contributed by atoms with Crippen LogP contribution in [0.1, 0.15) is 51.5 Å². The molecule has 0 bridgehead atoms. The third kappa shape index (κ3) is 4.60. The molecule has 4 rings (SSSR count). The minimum atomic E-state index is -0.940. The van der Waals surface area contributed by atoms with Crippen LogP contribution in [0.4, 0.5) is 0 Å². The summed E-state index contributed by atoms with van der Waals surface area (Å²) in [5.74, 6) is 1.82. The average Bonchev–Trinajstić information content (AvgIpc) is 3.53. The summed E-state index contributed by atoms with van der Waals surface area (Å²) >= 11 is 5.88. The lowest BCUT2D eigenvalue weighted by molar-refractivity contribution is -0.122. The maximum Gasteiger partial charge on any atom is 0.268 e. The summed E-state index contributed by atoms with van der Waals surface area (Å²) in [6.07, 6.45) is 8.92. The molecule has 0 aromatic carbocycles. The number of carbonyl (C=O) groups excluding carboxylic acids is 1. The van der Waals surface area contributed by atoms with Crippen LogP contribution in [-0.4, -0.2) is 15.5 Å². The van der Waals surface area contributed by atoms with Crippen LogP contribution in [-0.2, 0) is 11.3 Å². The number of pyridine rings is 2. The zero-order valence-corrected chi connectivity index (χ0v) is 18.9. The molecule has 31 heavy (non-hydrogen) atoms. The van der Waals surface area contributed by atoms with E-state index in [-0.39, 0.29) is 11.8 Å². The van der Waals surface area contributed by atoms with Crippen molar-refractivity contribution in [3.63, 3.8) is 0 Å². The highest BCUT2D eigenvalue weighted by molar-refractivity contribution is 6.29. The molecule has 2 unspecified atom stereocenters. The fraction of sp³-hybridized carbons (Fsp3) is 0.520. The summed E-state index contributed by atoms with van der Waals surface area (Å²) in [4.78, 5) is 21.7. The van der Waals surface area contributed by atoms with Gasteiger partial charge in [-0.05, 0) is 79.5 Å². The number of aromatic nitrogens is 2. The largest absolute Gasteiger partial charge is 0.328 e. The summed E-state index contributed by atoms with van der Waals surface area (Å²) in [5.41, 5.74) is 0.585. The molecule has 2 heterocycles. The van der Waals surface area contributed by atoms with Gasteiger partial charge in [0.25, 0.3) is 5.91 Å². The van der Waals surface area contributed by atoms with Crippen LogP contribution in [0, 0.1) is 40.4 Å². The van der Waals surface area contributed by atoms with Crippen LogP contribution in [0.15, 0.2) is 47.7 Å². The topological polar surface area (TPSA) is 71.0 Å². The number of amides is 1. The number of nitrogens with zero attached hydrogens (tertiary/aromatic N) is 4. The molecule has 0 radical (unpaired) electrons. The summed E-state index contributed by atoms with van der Waals surface area (Å²) in [5, 5.41) is 10.4. The quantitative estimate of drug-likeness (QED) is 0.619. The Morgan fingerprint density at radius 1 is 1.29 bits per heavy atom. The first-order chi connectivity index (χ1) is 14.9. The van der Waals surface area contributed by atoms with Crippen molar-refractivity contribution in [2.75, 3.05) is 0 Å². The first-order valence-electron chi connectivity index (χ1n) is 11.2. The summed E-state index contributed by atoms with van der Waals surface area (Å²) in [6.45, 7) is 5.11. The van der Waals surface area contributed by atoms with Crippen molar-refractivity contribution in [1.29, 1.82) is 5.26 Å². The van der Waals surface area contributed by atoms with E-state index in [0.717, 1.165) is 24.3 Å². The fourth-order valence-corrected chi connectivity index (χ4v) is 5.21. The van der Waals surface area contributed by atoms with Crippen LogP contribution in [0.3, 0.4) is 0 Å². The van der Waals surface area contributed by atoms with Crippen molar-refractivity contribution >= 4 is 17.5 Å². The smallest absolute Gasteiger partial charge is 0.268 e. The molecule has 0 aliphatic heterocycles. The Morgan fingerprint density at radius 3 is 2.71 bits per heavy atom. The third-order valence-electron chi connectivity index (χ3n) is 7.20. The molecular weight excluding hydrogens is 408 g/mol. The number of hydrogen-bond donors (Lipinski definition) is 0. The maximum absolute atomic E-state index is 13.2. The molecule has 162 valence electrons. The lowest BCUT2D eigenvalue weighted by Crippen LogP contribution is -2.27. The highest BCUT2D eigenvalue weighted by Crippen LogP contribution is 2.60. The number of nitriles is 1. The molecule has 2 aliphatic rings. The van der Waals surface area contributed by atoms with Crippen molar-refractivity contribution in [3.8, 4) is 6.07 Å². The molecule has 2 fully saturated rings. The molecule has 0 N–H and O–H groups in total. The molecular formula is C25H29ClN4O. The monoisotopic (exact) mass is 436 g/mol. The predicted molar refractivity (Wildman–Crippen MR) is 120 cm³/mol. The maximum atomic E-state index is 13.2. The van der Waals surface area contributed by atoms with E-state index in [1.54, 1.807) is 12.3 Å². The molecule has 2 aromatic heterocycles. The van der Waals surface area contributed by atoms with Crippen molar-refractivity contribution in [2.24, 2.45) is 34.1 Å². The standard InChI is InChI=1S/C25H29ClN4O/c1-17(2)19-7-9-20(10-8-19)21-13-25(21,16-27)24(31)29-23-5-3-4-12-30(23)15-18-6-11-22(26)28-14-18/h3-6,11-12,14,17,19-21H,7-10,13,15H2,1-2H3. The highest BCUT2D eigenvalue weighted by atomic mass is 35.5. The van der Waals surface area contributed by atoms with Crippen LogP contribution >= 0.6 is 11.6 Å². The van der Waals surface area contributed by atoms with Gasteiger partial charge in [0, 0.05) is 12.4 Å². The normalized spacial score (nSPS) is 28.4. The minimum absolute atomic E-state index is 0.152. The van der Waals surface area contributed by atoms with Gasteiger partial charge in [-0.1, -0.05) is 37.6 Å². The first kappa shape index (κ1) is 21.8. The Labute approximate surface area is 188 Å². The van der Waals surface area contributed by atoms with Crippen molar-refractivity contribution in [1.82, 2.24) is 9.55 Å². The van der Waals surface area contributed by atoms with E-state index in [0.29, 0.717) is 35.4 Å². The lowest BCUT2D eigenvalue weighted by Gasteiger charge is -2.31. The zero-order valence-electron chi connectivity index (χ0n) is 18.2. The second-order valence-corrected chi connectivity index (χ2v) is 9.79. The molecule has 0 spiro atoms. The van der Waals surface area contributed by atoms with Gasteiger partial charge in [-0.15, -0.1) is 0 Å². The summed E-state index contributed by atoms with van der Waals surface area (Å²) in [6, 6.07) is 11.6. The second kappa shape index (κ2) is 8.96. The predicted octanol–water partition coefficient (Wildman–Crippen LogP) is 5.00. The molecule has 6 heteroatoms. The van der Waals surface area contributed by atoms with E-state index in [1.165, 1.54) is 12.8 Å². The van der Waals surface area contributed by atoms with E-state index in [2.05, 4.69) is 29.9 Å². The Kier molecular flexibility index (Phi) is 6.29. The number of rotatable bonds is 5. The van der Waals surface area contributed by atoms with Crippen molar-refractivity contribution in [3.05, 3.63) is 58.9 Å². The fourth-order valence-electron chi connectivity index (χ4n) is 5.10. The number of carbonyl (C=O) groups is 1. The van der Waals surface area contributed by atoms with E-state index < -0.39 is 5.41 Å². The Balaban J connectivity index is 1.51. The first-order valence-corrected chi connectivity index (χ1v) is 11.6. The van der Waals surface area contributed by atoms with Crippen LogP contribution < -0.4 is 5.49 Å². The van der Waals surface area contributed by atoms with Gasteiger partial charge in [-0.25, -0.2) is 4.98 Å². The molecule has 2 saturated carbocycles. The average molecular weight is 437 g/mol. The number of hydrogen-bond acceptors (Lipinski definition) is 3. The van der Waals surface area contributed by atoms with Gasteiger partial charge < -0.3 is 4.57 Å². The summed E-state index contributed by atoms with van der Waals surface area (Å²) < 4.78 is 1.90. The summed E-state index contributed by atoms with van der Waals surface area (Å²) in [7, 11) is 0. The van der Waals surface area contributed by atoms with Gasteiger partial charge in [0.05, 0.1) is 12.6 Å². The molecule has 1 amide bonds. The second-order valence-electron chi connectivity index (χ2n) is 9.41. The van der Waals surface area contributed by atoms with Gasteiger partial charge in [-0.3, -0.25) is 4.79 Å². The van der Waals surface area contributed by atoms with E-state index >= 15 is 0 Å². The molecule has 2 aliphatic carbocycles. The highest BCUT2D eigenvalue weighted by Gasteiger charge is 2.63. The Bertz CT molecular complexity index is 1040. The van der Waals surface area contributed by atoms with Crippen molar-refractivity contribution < 1.29 is 4.79 Å². The van der Waals surface area contributed by atoms with Gasteiger partial charge in [0.2, 0.25) is 0 Å². The van der Waals surface area contributed by atoms with Gasteiger partial charge in [0.15, 0.2) is 0 Å². The molecule has 2 aromatic rings. The molecule has 2 atom stereocenters. The third-order valence-corrected chi connectivity index (χ3v) is 7.42. The van der Waals surface area contributed by atoms with E-state index in [1.807, 2.05) is 35.0 Å². The van der Waals surface area contributed by atoms with E-state index in [4.69, 9.17) is 11.6 Å². The molecule has 0 saturated heterocycles. The Hall–Kier alpha value is -2.45. The SMILES string of the molecule is CC(C)C1CCC(C2CC2(C#N)C(=O)N=c2ccccn2Cc2ccc(Cl)nc2)CC1. The van der Waals surface area contributed by atoms with Crippen molar-refractivity contribution in [2.45, 2.75) is 52.5 Å².